The number of halogens is 2. The van der Waals surface area contributed by atoms with Gasteiger partial charge in [-0.05, 0) is 42.0 Å². The number of fused-ring (bicyclic) bond motifs is 1. The van der Waals surface area contributed by atoms with Gasteiger partial charge in [0.25, 0.3) is 5.56 Å². The number of nitrogens with zero attached hydrogens (tertiary/aromatic N) is 3. The van der Waals surface area contributed by atoms with Crippen LogP contribution in [0.25, 0.3) is 16.9 Å². The largest absolute Gasteiger partial charge is 0.325 e. The molecule has 0 amide bonds. The molecule has 0 aliphatic heterocycles. The maximum atomic E-state index is 13.5. The Bertz CT molecular complexity index is 1340. The zero-order chi connectivity index (χ0) is 19.4. The minimum atomic E-state index is -0.576. The highest BCUT2D eigenvalue weighted by molar-refractivity contribution is 6.30. The predicted molar refractivity (Wildman–Crippen MR) is 101 cm³/mol. The van der Waals surface area contributed by atoms with E-state index in [1.807, 2.05) is 6.07 Å². The third kappa shape index (κ3) is 2.73. The van der Waals surface area contributed by atoms with Crippen LogP contribution in [0.1, 0.15) is 29.4 Å². The van der Waals surface area contributed by atoms with Gasteiger partial charge in [0.2, 0.25) is 0 Å². The van der Waals surface area contributed by atoms with Gasteiger partial charge in [-0.15, -0.1) is 0 Å². The molecule has 1 aliphatic carbocycles. The third-order valence-corrected chi connectivity index (χ3v) is 5.33. The third-order valence-electron chi connectivity index (χ3n) is 5.04. The molecule has 0 bridgehead atoms. The van der Waals surface area contributed by atoms with Gasteiger partial charge in [0.15, 0.2) is 5.65 Å². The van der Waals surface area contributed by atoms with Gasteiger partial charge in [0.05, 0.1) is 16.3 Å². The zero-order valence-electron chi connectivity index (χ0n) is 14.3. The standard InChI is InChI=1S/C19H13ClFN5O2/c20-14-5-9(1-2-15(14)21)10-6-11(10)12-7-16(25-26-4-3-22-17(12)26)13-8-23-19(28)24-18(13)27/h1-5,7-8,10-11H,6H2,(H2,23,24,27,28)/t10-,11+/m0/s1. The minimum absolute atomic E-state index is 0.101. The van der Waals surface area contributed by atoms with E-state index < -0.39 is 17.1 Å². The number of benzene rings is 1. The lowest BCUT2D eigenvalue weighted by Crippen LogP contribution is -2.23. The zero-order valence-corrected chi connectivity index (χ0v) is 15.1. The van der Waals surface area contributed by atoms with E-state index in [1.54, 1.807) is 29.0 Å². The number of nitrogens with one attached hydrogen (secondary N) is 2. The lowest BCUT2D eigenvalue weighted by Gasteiger charge is -2.07. The molecule has 0 unspecified atom stereocenters. The number of hydrogen-bond donors (Lipinski definition) is 2. The molecular weight excluding hydrogens is 385 g/mol. The molecule has 0 spiro atoms. The number of aromatic amines is 2. The van der Waals surface area contributed by atoms with E-state index in [0.29, 0.717) is 11.3 Å². The Kier molecular flexibility index (Phi) is 3.70. The summed E-state index contributed by atoms with van der Waals surface area (Å²) in [6, 6.07) is 6.58. The summed E-state index contributed by atoms with van der Waals surface area (Å²) in [7, 11) is 0. The summed E-state index contributed by atoms with van der Waals surface area (Å²) in [5, 5.41) is 4.53. The first-order valence-electron chi connectivity index (χ1n) is 8.63. The molecule has 28 heavy (non-hydrogen) atoms. The smallest absolute Gasteiger partial charge is 0.313 e. The van der Waals surface area contributed by atoms with Gasteiger partial charge in [-0.2, -0.15) is 5.10 Å². The van der Waals surface area contributed by atoms with Crippen molar-refractivity contribution in [2.75, 3.05) is 0 Å². The highest BCUT2D eigenvalue weighted by Gasteiger charge is 2.41. The molecule has 9 heteroatoms. The normalized spacial score (nSPS) is 18.5. The van der Waals surface area contributed by atoms with Crippen molar-refractivity contribution >= 4 is 17.2 Å². The first kappa shape index (κ1) is 16.9. The number of imidazole rings is 1. The molecule has 7 nitrogen and oxygen atoms in total. The van der Waals surface area contributed by atoms with E-state index in [2.05, 4.69) is 20.1 Å². The van der Waals surface area contributed by atoms with Crippen LogP contribution in [0.15, 0.2) is 52.4 Å². The summed E-state index contributed by atoms with van der Waals surface area (Å²) >= 11 is 5.92. The molecule has 1 aliphatic rings. The Morgan fingerprint density at radius 1 is 1.21 bits per heavy atom. The second kappa shape index (κ2) is 6.13. The van der Waals surface area contributed by atoms with Gasteiger partial charge >= 0.3 is 5.69 Å². The van der Waals surface area contributed by atoms with Crippen molar-refractivity contribution in [2.24, 2.45) is 0 Å². The molecule has 0 saturated heterocycles. The topological polar surface area (TPSA) is 95.9 Å². The van der Waals surface area contributed by atoms with Crippen LogP contribution < -0.4 is 11.2 Å². The molecule has 5 rings (SSSR count). The van der Waals surface area contributed by atoms with Crippen LogP contribution in [0.3, 0.4) is 0 Å². The van der Waals surface area contributed by atoms with E-state index in [-0.39, 0.29) is 22.4 Å². The average Bonchev–Trinajstić information content (AvgIpc) is 3.31. The van der Waals surface area contributed by atoms with E-state index >= 15 is 0 Å². The quantitative estimate of drug-likeness (QED) is 0.555. The van der Waals surface area contributed by atoms with E-state index in [9.17, 15) is 14.0 Å². The van der Waals surface area contributed by atoms with Crippen LogP contribution >= 0.6 is 11.6 Å². The van der Waals surface area contributed by atoms with Gasteiger partial charge in [0.1, 0.15) is 5.82 Å². The SMILES string of the molecule is O=c1[nH]cc(-c2cc([C@@H]3C[C@H]3c3ccc(F)c(Cl)c3)c3nccn3n2)c(=O)[nH]1. The second-order valence-electron chi connectivity index (χ2n) is 6.79. The van der Waals surface area contributed by atoms with Crippen LogP contribution in [0.4, 0.5) is 4.39 Å². The summed E-state index contributed by atoms with van der Waals surface area (Å²) in [6.07, 6.45) is 5.54. The van der Waals surface area contributed by atoms with Gasteiger partial charge in [-0.3, -0.25) is 9.78 Å². The highest BCUT2D eigenvalue weighted by Crippen LogP contribution is 2.55. The summed E-state index contributed by atoms with van der Waals surface area (Å²) < 4.78 is 15.1. The van der Waals surface area contributed by atoms with Gasteiger partial charge in [-0.25, -0.2) is 18.7 Å². The summed E-state index contributed by atoms with van der Waals surface area (Å²) in [6.45, 7) is 0. The van der Waals surface area contributed by atoms with Crippen molar-refractivity contribution < 1.29 is 4.39 Å². The Balaban J connectivity index is 1.60. The van der Waals surface area contributed by atoms with E-state index in [1.165, 1.54) is 12.3 Å². The summed E-state index contributed by atoms with van der Waals surface area (Å²) in [4.78, 5) is 32.5. The Hall–Kier alpha value is -3.26. The van der Waals surface area contributed by atoms with Crippen LogP contribution in [-0.4, -0.2) is 24.6 Å². The Morgan fingerprint density at radius 3 is 2.86 bits per heavy atom. The molecule has 1 fully saturated rings. The van der Waals surface area contributed by atoms with Crippen molar-refractivity contribution in [1.29, 1.82) is 0 Å². The first-order valence-corrected chi connectivity index (χ1v) is 9.00. The molecule has 4 aromatic rings. The highest BCUT2D eigenvalue weighted by atomic mass is 35.5. The fourth-order valence-corrected chi connectivity index (χ4v) is 3.78. The molecule has 3 aromatic heterocycles. The number of H-pyrrole nitrogens is 2. The number of hydrogen-bond acceptors (Lipinski definition) is 4. The number of aromatic nitrogens is 5. The van der Waals surface area contributed by atoms with Crippen molar-refractivity contribution in [3.05, 3.63) is 85.7 Å². The molecule has 3 heterocycles. The molecule has 0 radical (unpaired) electrons. The van der Waals surface area contributed by atoms with Crippen molar-refractivity contribution in [1.82, 2.24) is 24.6 Å². The second-order valence-corrected chi connectivity index (χ2v) is 7.20. The predicted octanol–water partition coefficient (Wildman–Crippen LogP) is 2.84. The van der Waals surface area contributed by atoms with Crippen LogP contribution in [0.5, 0.6) is 0 Å². The van der Waals surface area contributed by atoms with Crippen molar-refractivity contribution in [3.8, 4) is 11.3 Å². The lowest BCUT2D eigenvalue weighted by molar-refractivity contribution is 0.627. The molecule has 140 valence electrons. The maximum absolute atomic E-state index is 13.5. The van der Waals surface area contributed by atoms with Gasteiger partial charge in [-0.1, -0.05) is 17.7 Å². The Labute approximate surface area is 161 Å². The molecule has 2 N–H and O–H groups in total. The Morgan fingerprint density at radius 2 is 2.07 bits per heavy atom. The van der Waals surface area contributed by atoms with E-state index in [4.69, 9.17) is 11.6 Å². The fraction of sp³-hybridized carbons (Fsp3) is 0.158. The van der Waals surface area contributed by atoms with Crippen LogP contribution in [0.2, 0.25) is 5.02 Å². The van der Waals surface area contributed by atoms with E-state index in [0.717, 1.165) is 17.5 Å². The molecule has 2 atom stereocenters. The maximum Gasteiger partial charge on any atom is 0.325 e. The molecule has 1 saturated carbocycles. The van der Waals surface area contributed by atoms with Gasteiger partial charge in [0, 0.05) is 24.2 Å². The molecular formula is C19H13ClFN5O2. The first-order chi connectivity index (χ1) is 13.5. The van der Waals surface area contributed by atoms with Crippen LogP contribution in [-0.2, 0) is 0 Å². The number of rotatable bonds is 3. The fourth-order valence-electron chi connectivity index (χ4n) is 3.60. The lowest BCUT2D eigenvalue weighted by atomic mass is 10.0. The average molecular weight is 398 g/mol. The van der Waals surface area contributed by atoms with Crippen molar-refractivity contribution in [3.63, 3.8) is 0 Å². The minimum Gasteiger partial charge on any atom is -0.313 e. The summed E-state index contributed by atoms with van der Waals surface area (Å²) in [5.74, 6) is -0.112. The van der Waals surface area contributed by atoms with Gasteiger partial charge < -0.3 is 4.98 Å². The molecule has 1 aromatic carbocycles. The monoisotopic (exact) mass is 397 g/mol. The summed E-state index contributed by atoms with van der Waals surface area (Å²) in [5.41, 5.74) is 2.20. The van der Waals surface area contributed by atoms with Crippen molar-refractivity contribution in [2.45, 2.75) is 18.3 Å². The van der Waals surface area contributed by atoms with Crippen LogP contribution in [0, 0.1) is 5.82 Å².